The summed E-state index contributed by atoms with van der Waals surface area (Å²) in [6.45, 7) is 6.01. The molecule has 0 atom stereocenters. The van der Waals surface area contributed by atoms with Gasteiger partial charge in [0.15, 0.2) is 0 Å². The average Bonchev–Trinajstić information content (AvgIpc) is 2.88. The Kier molecular flexibility index (Phi) is 4.29. The van der Waals surface area contributed by atoms with Crippen LogP contribution in [-0.4, -0.2) is 21.8 Å². The van der Waals surface area contributed by atoms with Crippen LogP contribution in [0.2, 0.25) is 0 Å². The number of aryl methyl sites for hydroxylation is 2. The van der Waals surface area contributed by atoms with Gasteiger partial charge in [0.2, 0.25) is 0 Å². The van der Waals surface area contributed by atoms with Gasteiger partial charge in [0.1, 0.15) is 0 Å². The third-order valence-corrected chi connectivity index (χ3v) is 2.95. The van der Waals surface area contributed by atoms with Crippen molar-refractivity contribution in [1.29, 1.82) is 0 Å². The van der Waals surface area contributed by atoms with Crippen molar-refractivity contribution >= 4 is 5.71 Å². The fraction of sp³-hybridized carbons (Fsp3) is 0.333. The number of aliphatic imine (C=N–C) groups is 1. The van der Waals surface area contributed by atoms with Crippen LogP contribution >= 0.6 is 0 Å². The minimum atomic E-state index is 0.859. The maximum Gasteiger partial charge on any atom is 0.0945 e. The zero-order valence-electron chi connectivity index (χ0n) is 11.0. The molecule has 0 saturated heterocycles. The predicted octanol–water partition coefficient (Wildman–Crippen LogP) is 3.09. The second kappa shape index (κ2) is 6.15. The van der Waals surface area contributed by atoms with E-state index in [9.17, 15) is 0 Å². The van der Waals surface area contributed by atoms with Crippen molar-refractivity contribution in [2.24, 2.45) is 4.99 Å². The minimum Gasteiger partial charge on any atom is -0.337 e. The largest absolute Gasteiger partial charge is 0.337 e. The predicted molar refractivity (Wildman–Crippen MR) is 75.1 cm³/mol. The molecule has 0 saturated carbocycles. The van der Waals surface area contributed by atoms with Gasteiger partial charge in [0.05, 0.1) is 6.33 Å². The summed E-state index contributed by atoms with van der Waals surface area (Å²) in [6.07, 6.45) is 6.67. The van der Waals surface area contributed by atoms with E-state index in [1.54, 1.807) is 6.20 Å². The van der Waals surface area contributed by atoms with E-state index in [0.717, 1.165) is 25.2 Å². The van der Waals surface area contributed by atoms with Crippen molar-refractivity contribution in [3.8, 4) is 0 Å². The van der Waals surface area contributed by atoms with Crippen molar-refractivity contribution in [1.82, 2.24) is 9.55 Å². The Morgan fingerprint density at radius 3 is 2.72 bits per heavy atom. The van der Waals surface area contributed by atoms with Crippen LogP contribution in [0.15, 0.2) is 48.0 Å². The molecular weight excluding hydrogens is 222 g/mol. The Labute approximate surface area is 108 Å². The molecule has 3 nitrogen and oxygen atoms in total. The number of hydrogen-bond donors (Lipinski definition) is 0. The second-order valence-corrected chi connectivity index (χ2v) is 4.49. The fourth-order valence-electron chi connectivity index (χ4n) is 1.81. The first-order valence-corrected chi connectivity index (χ1v) is 6.29. The van der Waals surface area contributed by atoms with Gasteiger partial charge < -0.3 is 4.57 Å². The molecule has 2 aromatic rings. The van der Waals surface area contributed by atoms with Gasteiger partial charge in [-0.2, -0.15) is 0 Å². The number of rotatable bonds is 5. The van der Waals surface area contributed by atoms with E-state index in [4.69, 9.17) is 0 Å². The van der Waals surface area contributed by atoms with Crippen LogP contribution < -0.4 is 0 Å². The summed E-state index contributed by atoms with van der Waals surface area (Å²) in [5.74, 6) is 0. The lowest BCUT2D eigenvalue weighted by Gasteiger charge is -2.03. The van der Waals surface area contributed by atoms with Crippen LogP contribution in [0.25, 0.3) is 0 Å². The van der Waals surface area contributed by atoms with Gasteiger partial charge in [0.25, 0.3) is 0 Å². The first-order chi connectivity index (χ1) is 8.75. The van der Waals surface area contributed by atoms with Gasteiger partial charge in [-0.25, -0.2) is 4.98 Å². The Bertz CT molecular complexity index is 495. The maximum atomic E-state index is 4.61. The van der Waals surface area contributed by atoms with Gasteiger partial charge in [-0.15, -0.1) is 0 Å². The van der Waals surface area contributed by atoms with Crippen LogP contribution in [0.5, 0.6) is 0 Å². The summed E-state index contributed by atoms with van der Waals surface area (Å²) in [5.41, 5.74) is 3.61. The summed E-state index contributed by atoms with van der Waals surface area (Å²) in [5, 5.41) is 0. The topological polar surface area (TPSA) is 30.2 Å². The highest BCUT2D eigenvalue weighted by Crippen LogP contribution is 2.05. The van der Waals surface area contributed by atoms with E-state index < -0.39 is 0 Å². The van der Waals surface area contributed by atoms with Crippen molar-refractivity contribution in [2.45, 2.75) is 26.8 Å². The summed E-state index contributed by atoms with van der Waals surface area (Å²) in [4.78, 5) is 8.63. The van der Waals surface area contributed by atoms with Crippen molar-refractivity contribution in [2.75, 3.05) is 6.54 Å². The summed E-state index contributed by atoms with van der Waals surface area (Å²) in [7, 11) is 0. The highest BCUT2D eigenvalue weighted by atomic mass is 15.0. The van der Waals surface area contributed by atoms with Crippen LogP contribution in [0, 0.1) is 6.92 Å². The van der Waals surface area contributed by atoms with E-state index in [1.165, 1.54) is 11.1 Å². The lowest BCUT2D eigenvalue weighted by molar-refractivity contribution is 0.651. The molecule has 0 bridgehead atoms. The van der Waals surface area contributed by atoms with Crippen molar-refractivity contribution in [3.05, 3.63) is 54.1 Å². The highest BCUT2D eigenvalue weighted by molar-refractivity contribution is 5.98. The first kappa shape index (κ1) is 12.6. The second-order valence-electron chi connectivity index (χ2n) is 4.49. The Morgan fingerprint density at radius 1 is 1.28 bits per heavy atom. The van der Waals surface area contributed by atoms with E-state index in [1.807, 2.05) is 12.5 Å². The summed E-state index contributed by atoms with van der Waals surface area (Å²) < 4.78 is 2.08. The average molecular weight is 241 g/mol. The molecule has 1 heterocycles. The van der Waals surface area contributed by atoms with Crippen LogP contribution in [0.4, 0.5) is 0 Å². The first-order valence-electron chi connectivity index (χ1n) is 6.29. The third kappa shape index (κ3) is 3.55. The molecule has 0 spiro atoms. The lowest BCUT2D eigenvalue weighted by atomic mass is 10.1. The zero-order valence-corrected chi connectivity index (χ0v) is 11.0. The van der Waals surface area contributed by atoms with Crippen LogP contribution in [-0.2, 0) is 6.54 Å². The smallest absolute Gasteiger partial charge is 0.0945 e. The van der Waals surface area contributed by atoms with E-state index >= 15 is 0 Å². The van der Waals surface area contributed by atoms with Crippen LogP contribution in [0.1, 0.15) is 24.5 Å². The standard InChI is InChI=1S/C15H19N3/c1-13-4-6-15(7-5-13)14(2)17-8-3-10-18-11-9-16-12-18/h4-7,9,11-12H,3,8,10H2,1-2H3. The lowest BCUT2D eigenvalue weighted by Crippen LogP contribution is -2.00. The molecule has 2 rings (SSSR count). The van der Waals surface area contributed by atoms with Gasteiger partial charge in [-0.1, -0.05) is 29.8 Å². The normalized spacial score (nSPS) is 11.8. The van der Waals surface area contributed by atoms with Gasteiger partial charge in [-0.3, -0.25) is 4.99 Å². The van der Waals surface area contributed by atoms with Gasteiger partial charge >= 0.3 is 0 Å². The van der Waals surface area contributed by atoms with Gasteiger partial charge in [0, 0.05) is 31.2 Å². The molecule has 0 unspecified atom stereocenters. The SMILES string of the molecule is CC(=NCCCn1ccnc1)c1ccc(C)cc1. The molecule has 1 aromatic carbocycles. The maximum absolute atomic E-state index is 4.61. The molecule has 18 heavy (non-hydrogen) atoms. The number of aromatic nitrogens is 2. The Hall–Kier alpha value is -1.90. The molecule has 0 fully saturated rings. The number of imidazole rings is 1. The molecule has 3 heteroatoms. The fourth-order valence-corrected chi connectivity index (χ4v) is 1.81. The van der Waals surface area contributed by atoms with E-state index in [-0.39, 0.29) is 0 Å². The number of nitrogens with zero attached hydrogens (tertiary/aromatic N) is 3. The zero-order chi connectivity index (χ0) is 12.8. The quantitative estimate of drug-likeness (QED) is 0.584. The highest BCUT2D eigenvalue weighted by Gasteiger charge is 1.96. The molecule has 0 radical (unpaired) electrons. The van der Waals surface area contributed by atoms with Crippen molar-refractivity contribution < 1.29 is 0 Å². The molecular formula is C15H19N3. The molecule has 94 valence electrons. The molecule has 0 aliphatic rings. The molecule has 0 amide bonds. The number of hydrogen-bond acceptors (Lipinski definition) is 2. The molecule has 0 aliphatic heterocycles. The van der Waals surface area contributed by atoms with Crippen molar-refractivity contribution in [3.63, 3.8) is 0 Å². The monoisotopic (exact) mass is 241 g/mol. The van der Waals surface area contributed by atoms with E-state index in [2.05, 4.69) is 52.7 Å². The number of benzene rings is 1. The molecule has 1 aromatic heterocycles. The molecule has 0 N–H and O–H groups in total. The summed E-state index contributed by atoms with van der Waals surface area (Å²) >= 11 is 0. The van der Waals surface area contributed by atoms with Crippen LogP contribution in [0.3, 0.4) is 0 Å². The Balaban J connectivity index is 1.83. The third-order valence-electron chi connectivity index (χ3n) is 2.95. The summed E-state index contributed by atoms with van der Waals surface area (Å²) in [6, 6.07) is 8.51. The minimum absolute atomic E-state index is 0.859. The Morgan fingerprint density at radius 2 is 2.06 bits per heavy atom. The molecule has 0 aliphatic carbocycles. The van der Waals surface area contributed by atoms with Gasteiger partial charge in [-0.05, 0) is 25.8 Å². The van der Waals surface area contributed by atoms with E-state index in [0.29, 0.717) is 0 Å².